The van der Waals surface area contributed by atoms with Gasteiger partial charge in [0.1, 0.15) is 0 Å². The van der Waals surface area contributed by atoms with Gasteiger partial charge in [0.25, 0.3) is 5.91 Å². The SMILES string of the molecule is O=C(c1ccccc1)n1ccc(C=Cc2ccccc2)c1. The summed E-state index contributed by atoms with van der Waals surface area (Å²) in [4.78, 5) is 12.3. The molecule has 0 N–H and O–H groups in total. The van der Waals surface area contributed by atoms with Crippen LogP contribution in [0, 0.1) is 0 Å². The number of rotatable bonds is 3. The van der Waals surface area contributed by atoms with Crippen LogP contribution in [0.4, 0.5) is 0 Å². The number of carbonyl (C=O) groups is 1. The third-order valence-corrected chi connectivity index (χ3v) is 3.24. The van der Waals surface area contributed by atoms with Gasteiger partial charge in [-0.1, -0.05) is 60.7 Å². The van der Waals surface area contributed by atoms with Gasteiger partial charge in [0.2, 0.25) is 0 Å². The second kappa shape index (κ2) is 6.06. The monoisotopic (exact) mass is 273 g/mol. The third-order valence-electron chi connectivity index (χ3n) is 3.24. The van der Waals surface area contributed by atoms with Crippen LogP contribution >= 0.6 is 0 Å². The lowest BCUT2D eigenvalue weighted by atomic mass is 10.2. The lowest BCUT2D eigenvalue weighted by Crippen LogP contribution is -2.08. The van der Waals surface area contributed by atoms with E-state index in [9.17, 15) is 4.79 Å². The highest BCUT2D eigenvalue weighted by Crippen LogP contribution is 2.10. The molecule has 0 saturated carbocycles. The summed E-state index contributed by atoms with van der Waals surface area (Å²) in [5.41, 5.74) is 2.83. The largest absolute Gasteiger partial charge is 0.290 e. The molecule has 2 aromatic carbocycles. The topological polar surface area (TPSA) is 22.0 Å². The summed E-state index contributed by atoms with van der Waals surface area (Å²) < 4.78 is 1.61. The van der Waals surface area contributed by atoms with Crippen LogP contribution in [0.25, 0.3) is 12.2 Å². The summed E-state index contributed by atoms with van der Waals surface area (Å²) >= 11 is 0. The van der Waals surface area contributed by atoms with Crippen LogP contribution in [0.1, 0.15) is 21.5 Å². The predicted molar refractivity (Wildman–Crippen MR) is 86.0 cm³/mol. The van der Waals surface area contributed by atoms with Crippen molar-refractivity contribution in [2.24, 2.45) is 0 Å². The van der Waals surface area contributed by atoms with Gasteiger partial charge in [0.05, 0.1) is 0 Å². The average molecular weight is 273 g/mol. The Hall–Kier alpha value is -2.87. The molecule has 0 unspecified atom stereocenters. The summed E-state index contributed by atoms with van der Waals surface area (Å²) in [7, 11) is 0. The molecule has 0 radical (unpaired) electrons. The first-order chi connectivity index (χ1) is 10.3. The molecular weight excluding hydrogens is 258 g/mol. The highest BCUT2D eigenvalue weighted by Gasteiger charge is 2.06. The predicted octanol–water partition coefficient (Wildman–Crippen LogP) is 4.35. The van der Waals surface area contributed by atoms with Gasteiger partial charge in [-0.15, -0.1) is 0 Å². The quantitative estimate of drug-likeness (QED) is 0.695. The zero-order valence-electron chi connectivity index (χ0n) is 11.5. The number of nitrogens with zero attached hydrogens (tertiary/aromatic N) is 1. The summed E-state index contributed by atoms with van der Waals surface area (Å²) in [6, 6.07) is 21.3. The van der Waals surface area contributed by atoms with Crippen LogP contribution in [0.3, 0.4) is 0 Å². The first-order valence-electron chi connectivity index (χ1n) is 6.84. The molecule has 0 aliphatic rings. The molecule has 0 spiro atoms. The summed E-state index contributed by atoms with van der Waals surface area (Å²) in [6.07, 6.45) is 7.67. The Bertz CT molecular complexity index is 755. The zero-order chi connectivity index (χ0) is 14.5. The molecular formula is C19H15NO. The van der Waals surface area contributed by atoms with Crippen molar-refractivity contribution in [3.8, 4) is 0 Å². The van der Waals surface area contributed by atoms with Crippen LogP contribution in [0.2, 0.25) is 0 Å². The summed E-state index contributed by atoms with van der Waals surface area (Å²) in [5, 5.41) is 0. The van der Waals surface area contributed by atoms with Crippen LogP contribution in [-0.2, 0) is 0 Å². The Labute approximate surface area is 124 Å². The molecule has 3 rings (SSSR count). The number of carbonyl (C=O) groups excluding carboxylic acids is 1. The van der Waals surface area contributed by atoms with E-state index in [-0.39, 0.29) is 5.91 Å². The fourth-order valence-corrected chi connectivity index (χ4v) is 2.12. The fraction of sp³-hybridized carbons (Fsp3) is 0. The molecule has 0 bridgehead atoms. The fourth-order valence-electron chi connectivity index (χ4n) is 2.12. The van der Waals surface area contributed by atoms with E-state index in [1.807, 2.05) is 85.1 Å². The Kier molecular flexibility index (Phi) is 3.79. The molecule has 0 saturated heterocycles. The molecule has 0 fully saturated rings. The van der Waals surface area contributed by atoms with Gasteiger partial charge in [-0.3, -0.25) is 9.36 Å². The van der Waals surface area contributed by atoms with E-state index in [1.54, 1.807) is 10.8 Å². The molecule has 1 heterocycles. The average Bonchev–Trinajstić information content (AvgIpc) is 3.03. The number of benzene rings is 2. The zero-order valence-corrected chi connectivity index (χ0v) is 11.5. The van der Waals surface area contributed by atoms with E-state index in [2.05, 4.69) is 0 Å². The van der Waals surface area contributed by atoms with Gasteiger partial charge in [0, 0.05) is 18.0 Å². The molecule has 2 nitrogen and oxygen atoms in total. The number of aromatic nitrogens is 1. The summed E-state index contributed by atoms with van der Waals surface area (Å²) in [5.74, 6) is -0.0186. The number of hydrogen-bond acceptors (Lipinski definition) is 1. The van der Waals surface area contributed by atoms with Crippen molar-refractivity contribution in [2.75, 3.05) is 0 Å². The Morgan fingerprint density at radius 3 is 2.10 bits per heavy atom. The maximum atomic E-state index is 12.3. The summed E-state index contributed by atoms with van der Waals surface area (Å²) in [6.45, 7) is 0. The Morgan fingerprint density at radius 2 is 1.38 bits per heavy atom. The minimum absolute atomic E-state index is 0.0186. The van der Waals surface area contributed by atoms with E-state index in [0.717, 1.165) is 11.1 Å². The number of hydrogen-bond donors (Lipinski definition) is 0. The molecule has 0 amide bonds. The van der Waals surface area contributed by atoms with E-state index >= 15 is 0 Å². The minimum Gasteiger partial charge on any atom is -0.290 e. The maximum absolute atomic E-state index is 12.3. The van der Waals surface area contributed by atoms with Gasteiger partial charge in [-0.25, -0.2) is 0 Å². The van der Waals surface area contributed by atoms with Crippen molar-refractivity contribution in [1.82, 2.24) is 4.57 Å². The van der Waals surface area contributed by atoms with Gasteiger partial charge < -0.3 is 0 Å². The maximum Gasteiger partial charge on any atom is 0.261 e. The van der Waals surface area contributed by atoms with Gasteiger partial charge in [-0.2, -0.15) is 0 Å². The van der Waals surface area contributed by atoms with Crippen molar-refractivity contribution in [3.63, 3.8) is 0 Å². The highest BCUT2D eigenvalue weighted by molar-refractivity contribution is 5.96. The van der Waals surface area contributed by atoms with E-state index in [0.29, 0.717) is 5.56 Å². The third kappa shape index (κ3) is 3.18. The van der Waals surface area contributed by atoms with E-state index in [4.69, 9.17) is 0 Å². The minimum atomic E-state index is -0.0186. The van der Waals surface area contributed by atoms with Crippen LogP contribution in [-0.4, -0.2) is 10.5 Å². The van der Waals surface area contributed by atoms with Gasteiger partial charge in [-0.05, 0) is 29.3 Å². The molecule has 21 heavy (non-hydrogen) atoms. The van der Waals surface area contributed by atoms with Gasteiger partial charge in [0.15, 0.2) is 0 Å². The smallest absolute Gasteiger partial charge is 0.261 e. The van der Waals surface area contributed by atoms with Gasteiger partial charge >= 0.3 is 0 Å². The first kappa shape index (κ1) is 13.1. The van der Waals surface area contributed by atoms with Crippen LogP contribution < -0.4 is 0 Å². The van der Waals surface area contributed by atoms with E-state index < -0.39 is 0 Å². The molecule has 0 atom stereocenters. The van der Waals surface area contributed by atoms with Crippen molar-refractivity contribution in [2.45, 2.75) is 0 Å². The van der Waals surface area contributed by atoms with Crippen molar-refractivity contribution >= 4 is 18.1 Å². The normalized spacial score (nSPS) is 10.9. The lowest BCUT2D eigenvalue weighted by Gasteiger charge is -2.00. The molecule has 3 aromatic rings. The van der Waals surface area contributed by atoms with Crippen molar-refractivity contribution < 1.29 is 4.79 Å². The van der Waals surface area contributed by atoms with Crippen molar-refractivity contribution in [1.29, 1.82) is 0 Å². The lowest BCUT2D eigenvalue weighted by molar-refractivity contribution is 0.0960. The molecule has 0 aliphatic heterocycles. The molecule has 102 valence electrons. The van der Waals surface area contributed by atoms with Crippen LogP contribution in [0.15, 0.2) is 79.1 Å². The Morgan fingerprint density at radius 1 is 0.762 bits per heavy atom. The second-order valence-electron chi connectivity index (χ2n) is 4.77. The molecule has 2 heteroatoms. The molecule has 0 aliphatic carbocycles. The standard InChI is InChI=1S/C19H15NO/c21-19(18-9-5-2-6-10-18)20-14-13-17(15-20)12-11-16-7-3-1-4-8-16/h1-15H. The van der Waals surface area contributed by atoms with E-state index in [1.165, 1.54) is 0 Å². The van der Waals surface area contributed by atoms with Crippen LogP contribution in [0.5, 0.6) is 0 Å². The molecule has 1 aromatic heterocycles. The van der Waals surface area contributed by atoms with Crippen molar-refractivity contribution in [3.05, 3.63) is 95.8 Å². The highest BCUT2D eigenvalue weighted by atomic mass is 16.2. The Balaban J connectivity index is 1.78. The first-order valence-corrected chi connectivity index (χ1v) is 6.84. The second-order valence-corrected chi connectivity index (χ2v) is 4.77.